The molecule has 124 valence electrons. The van der Waals surface area contributed by atoms with Gasteiger partial charge in [0.05, 0.1) is 18.7 Å². The van der Waals surface area contributed by atoms with Crippen molar-refractivity contribution in [2.75, 3.05) is 14.2 Å². The monoisotopic (exact) mass is 390 g/mol. The molecule has 0 aliphatic rings. The molecule has 0 spiro atoms. The van der Waals surface area contributed by atoms with Crippen molar-refractivity contribution in [3.8, 4) is 22.9 Å². The number of imidazole rings is 1. The molecule has 4 nitrogen and oxygen atoms in total. The first-order valence-electron chi connectivity index (χ1n) is 7.30. The largest absolute Gasteiger partial charge is 0.496 e. The smallest absolute Gasteiger partial charge is 0.147 e. The summed E-state index contributed by atoms with van der Waals surface area (Å²) in [6.45, 7) is 0.551. The fraction of sp³-hybridized carbons (Fsp3) is 0.167. The van der Waals surface area contributed by atoms with E-state index in [2.05, 4.69) is 20.9 Å². The van der Waals surface area contributed by atoms with Crippen molar-refractivity contribution in [3.63, 3.8) is 0 Å². The maximum Gasteiger partial charge on any atom is 0.147 e. The fourth-order valence-corrected chi connectivity index (χ4v) is 3.00. The fourth-order valence-electron chi connectivity index (χ4n) is 2.57. The molecular weight excluding hydrogens is 375 g/mol. The van der Waals surface area contributed by atoms with Gasteiger partial charge in [0.1, 0.15) is 28.7 Å². The van der Waals surface area contributed by atoms with Crippen LogP contribution in [-0.4, -0.2) is 23.8 Å². The van der Waals surface area contributed by atoms with Crippen molar-refractivity contribution in [1.29, 1.82) is 0 Å². The molecule has 0 N–H and O–H groups in total. The Bertz CT molecular complexity index is 842. The van der Waals surface area contributed by atoms with Crippen LogP contribution in [0.2, 0.25) is 0 Å². The lowest BCUT2D eigenvalue weighted by atomic mass is 10.1. The Morgan fingerprint density at radius 3 is 2.46 bits per heavy atom. The summed E-state index contributed by atoms with van der Waals surface area (Å²) in [6.07, 6.45) is 3.60. The predicted molar refractivity (Wildman–Crippen MR) is 94.0 cm³/mol. The first-order chi connectivity index (χ1) is 11.6. The number of halogens is 2. The Balaban J connectivity index is 2.04. The van der Waals surface area contributed by atoms with Gasteiger partial charge in [-0.25, -0.2) is 9.37 Å². The summed E-state index contributed by atoms with van der Waals surface area (Å²) in [5.41, 5.74) is 1.74. The Morgan fingerprint density at radius 1 is 1.12 bits per heavy atom. The van der Waals surface area contributed by atoms with Crippen LogP contribution >= 0.6 is 15.9 Å². The zero-order chi connectivity index (χ0) is 17.1. The molecule has 6 heteroatoms. The van der Waals surface area contributed by atoms with E-state index >= 15 is 0 Å². The van der Waals surface area contributed by atoms with Crippen LogP contribution in [0, 0.1) is 5.82 Å². The number of rotatable bonds is 5. The second-order valence-electron chi connectivity index (χ2n) is 5.16. The standard InChI is InChI=1S/C18H16BrFN2O2/c1-23-15-4-3-5-16(24-2)17(15)18-21-8-9-22(18)11-12-6-7-14(20)13(19)10-12/h3-10H,11H2,1-2H3. The molecule has 0 amide bonds. The molecule has 0 fully saturated rings. The molecule has 0 saturated carbocycles. The SMILES string of the molecule is COc1cccc(OC)c1-c1nccn1Cc1ccc(F)c(Br)c1. The van der Waals surface area contributed by atoms with Crippen molar-refractivity contribution >= 4 is 15.9 Å². The molecule has 0 atom stereocenters. The van der Waals surface area contributed by atoms with Crippen molar-refractivity contribution in [2.24, 2.45) is 0 Å². The molecule has 2 aromatic carbocycles. The number of methoxy groups -OCH3 is 2. The van der Waals surface area contributed by atoms with Crippen LogP contribution in [0.15, 0.2) is 53.3 Å². The molecule has 0 saturated heterocycles. The van der Waals surface area contributed by atoms with Crippen LogP contribution in [0.5, 0.6) is 11.5 Å². The van der Waals surface area contributed by atoms with E-state index in [1.54, 1.807) is 32.5 Å². The van der Waals surface area contributed by atoms with Gasteiger partial charge in [0, 0.05) is 18.9 Å². The number of ether oxygens (including phenoxy) is 2. The molecule has 3 aromatic rings. The molecule has 0 unspecified atom stereocenters. The summed E-state index contributed by atoms with van der Waals surface area (Å²) >= 11 is 3.22. The Labute approximate surface area is 148 Å². The van der Waals surface area contributed by atoms with Gasteiger partial charge in [-0.1, -0.05) is 12.1 Å². The van der Waals surface area contributed by atoms with E-state index in [1.165, 1.54) is 6.07 Å². The van der Waals surface area contributed by atoms with E-state index in [0.29, 0.717) is 22.5 Å². The molecule has 1 heterocycles. The minimum absolute atomic E-state index is 0.281. The number of hydrogen-bond donors (Lipinski definition) is 0. The summed E-state index contributed by atoms with van der Waals surface area (Å²) in [7, 11) is 3.23. The zero-order valence-corrected chi connectivity index (χ0v) is 14.9. The van der Waals surface area contributed by atoms with Gasteiger partial charge in [-0.3, -0.25) is 0 Å². The molecule has 0 aliphatic heterocycles. The second kappa shape index (κ2) is 7.05. The lowest BCUT2D eigenvalue weighted by Gasteiger charge is -2.14. The van der Waals surface area contributed by atoms with Crippen LogP contribution in [0.3, 0.4) is 0 Å². The van der Waals surface area contributed by atoms with Gasteiger partial charge < -0.3 is 14.0 Å². The number of hydrogen-bond acceptors (Lipinski definition) is 3. The number of nitrogens with zero attached hydrogens (tertiary/aromatic N) is 2. The van der Waals surface area contributed by atoms with E-state index in [0.717, 1.165) is 17.0 Å². The van der Waals surface area contributed by atoms with Crippen molar-refractivity contribution in [3.05, 3.63) is 64.6 Å². The highest BCUT2D eigenvalue weighted by molar-refractivity contribution is 9.10. The minimum Gasteiger partial charge on any atom is -0.496 e. The first-order valence-corrected chi connectivity index (χ1v) is 8.09. The summed E-state index contributed by atoms with van der Waals surface area (Å²) in [6, 6.07) is 10.6. The molecule has 0 aliphatic carbocycles. The maximum absolute atomic E-state index is 13.4. The second-order valence-corrected chi connectivity index (χ2v) is 6.02. The Kier molecular flexibility index (Phi) is 4.85. The van der Waals surface area contributed by atoms with E-state index in [4.69, 9.17) is 9.47 Å². The van der Waals surface area contributed by atoms with Gasteiger partial charge in [-0.2, -0.15) is 0 Å². The number of aromatic nitrogens is 2. The predicted octanol–water partition coefficient (Wildman–Crippen LogP) is 4.52. The summed E-state index contributed by atoms with van der Waals surface area (Å²) in [5, 5.41) is 0. The molecule has 3 rings (SSSR count). The highest BCUT2D eigenvalue weighted by Crippen LogP contribution is 2.37. The zero-order valence-electron chi connectivity index (χ0n) is 13.3. The molecule has 24 heavy (non-hydrogen) atoms. The van der Waals surface area contributed by atoms with Crippen LogP contribution in [0.4, 0.5) is 4.39 Å². The van der Waals surface area contributed by atoms with Gasteiger partial charge in [0.15, 0.2) is 0 Å². The van der Waals surface area contributed by atoms with Crippen molar-refractivity contribution in [1.82, 2.24) is 9.55 Å². The van der Waals surface area contributed by atoms with Crippen LogP contribution in [0.1, 0.15) is 5.56 Å². The average molecular weight is 391 g/mol. The van der Waals surface area contributed by atoms with Crippen molar-refractivity contribution in [2.45, 2.75) is 6.54 Å². The third-order valence-corrected chi connectivity index (χ3v) is 4.31. The Morgan fingerprint density at radius 2 is 1.83 bits per heavy atom. The molecule has 1 aromatic heterocycles. The van der Waals surface area contributed by atoms with Crippen molar-refractivity contribution < 1.29 is 13.9 Å². The number of benzene rings is 2. The maximum atomic E-state index is 13.4. The average Bonchev–Trinajstić information content (AvgIpc) is 3.05. The third-order valence-electron chi connectivity index (χ3n) is 3.70. The summed E-state index contributed by atoms with van der Waals surface area (Å²) in [5.74, 6) is 1.81. The van der Waals surface area contributed by atoms with E-state index in [9.17, 15) is 4.39 Å². The van der Waals surface area contributed by atoms with Crippen LogP contribution < -0.4 is 9.47 Å². The summed E-state index contributed by atoms with van der Waals surface area (Å²) in [4.78, 5) is 4.46. The lowest BCUT2D eigenvalue weighted by Crippen LogP contribution is -2.03. The quantitative estimate of drug-likeness (QED) is 0.642. The first kappa shape index (κ1) is 16.5. The normalized spacial score (nSPS) is 10.7. The highest BCUT2D eigenvalue weighted by atomic mass is 79.9. The van der Waals surface area contributed by atoms with Gasteiger partial charge in [-0.15, -0.1) is 0 Å². The molecule has 0 bridgehead atoms. The van der Waals surface area contributed by atoms with Gasteiger partial charge >= 0.3 is 0 Å². The molecule has 0 radical (unpaired) electrons. The Hall–Kier alpha value is -2.34. The van der Waals surface area contributed by atoms with Crippen LogP contribution in [0.25, 0.3) is 11.4 Å². The van der Waals surface area contributed by atoms with E-state index < -0.39 is 0 Å². The van der Waals surface area contributed by atoms with Crippen LogP contribution in [-0.2, 0) is 6.54 Å². The lowest BCUT2D eigenvalue weighted by molar-refractivity contribution is 0.396. The summed E-state index contributed by atoms with van der Waals surface area (Å²) < 4.78 is 26.8. The highest BCUT2D eigenvalue weighted by Gasteiger charge is 2.17. The molecular formula is C18H16BrFN2O2. The van der Waals surface area contributed by atoms with Gasteiger partial charge in [-0.05, 0) is 45.8 Å². The van der Waals surface area contributed by atoms with Gasteiger partial charge in [0.25, 0.3) is 0 Å². The topological polar surface area (TPSA) is 36.3 Å². The van der Waals surface area contributed by atoms with Gasteiger partial charge in [0.2, 0.25) is 0 Å². The van der Waals surface area contributed by atoms with E-state index in [-0.39, 0.29) is 5.82 Å². The third kappa shape index (κ3) is 3.14. The van der Waals surface area contributed by atoms with E-state index in [1.807, 2.05) is 29.0 Å². The minimum atomic E-state index is -0.281.